The molecule has 3 aromatic rings. The van der Waals surface area contributed by atoms with Crippen molar-refractivity contribution in [1.29, 1.82) is 0 Å². The summed E-state index contributed by atoms with van der Waals surface area (Å²) in [4.78, 5) is 10.3. The van der Waals surface area contributed by atoms with Crippen LogP contribution in [0.4, 0.5) is 5.69 Å². The molecule has 6 heteroatoms. The molecular formula is C19H16NO4P. The standard InChI is InChI=1S/C19H16NO4P/c21-20(22)17-13-11-16(12-14-17)15-24-25(23,18-7-3-1-4-8-18)19-9-5-2-6-10-19/h1-14H,15H2. The van der Waals surface area contributed by atoms with E-state index in [1.807, 2.05) is 36.4 Å². The Morgan fingerprint density at radius 2 is 1.28 bits per heavy atom. The Morgan fingerprint density at radius 3 is 1.72 bits per heavy atom. The summed E-state index contributed by atoms with van der Waals surface area (Å²) >= 11 is 0. The van der Waals surface area contributed by atoms with Crippen LogP contribution in [0.2, 0.25) is 0 Å². The molecule has 0 aliphatic heterocycles. The average Bonchev–Trinajstić information content (AvgIpc) is 2.68. The van der Waals surface area contributed by atoms with Gasteiger partial charge in [0.15, 0.2) is 0 Å². The van der Waals surface area contributed by atoms with Gasteiger partial charge in [0.2, 0.25) is 0 Å². The van der Waals surface area contributed by atoms with E-state index >= 15 is 0 Å². The first-order valence-corrected chi connectivity index (χ1v) is 9.31. The number of benzene rings is 3. The molecule has 0 aliphatic rings. The molecule has 25 heavy (non-hydrogen) atoms. The maximum absolute atomic E-state index is 13.6. The quantitative estimate of drug-likeness (QED) is 0.381. The topological polar surface area (TPSA) is 69.4 Å². The second-order valence-corrected chi connectivity index (χ2v) is 7.81. The van der Waals surface area contributed by atoms with E-state index in [-0.39, 0.29) is 12.3 Å². The van der Waals surface area contributed by atoms with Crippen LogP contribution in [0.15, 0.2) is 84.9 Å². The second kappa shape index (κ2) is 7.43. The fourth-order valence-electron chi connectivity index (χ4n) is 2.43. The van der Waals surface area contributed by atoms with Crippen LogP contribution < -0.4 is 10.6 Å². The number of nitro groups is 1. The third-order valence-corrected chi connectivity index (χ3v) is 6.20. The largest absolute Gasteiger partial charge is 0.317 e. The molecule has 0 bridgehead atoms. The van der Waals surface area contributed by atoms with Gasteiger partial charge in [-0.2, -0.15) is 0 Å². The first kappa shape index (κ1) is 17.1. The zero-order chi connectivity index (χ0) is 17.7. The summed E-state index contributed by atoms with van der Waals surface area (Å²) in [7, 11) is -3.25. The molecular weight excluding hydrogens is 337 g/mol. The van der Waals surface area contributed by atoms with E-state index in [4.69, 9.17) is 4.52 Å². The Balaban J connectivity index is 1.89. The molecule has 126 valence electrons. The lowest BCUT2D eigenvalue weighted by Gasteiger charge is -2.19. The van der Waals surface area contributed by atoms with E-state index in [1.165, 1.54) is 12.1 Å². The van der Waals surface area contributed by atoms with Gasteiger partial charge in [-0.25, -0.2) is 0 Å². The lowest BCUT2D eigenvalue weighted by molar-refractivity contribution is -0.384. The van der Waals surface area contributed by atoms with Gasteiger partial charge in [-0.1, -0.05) is 36.4 Å². The van der Waals surface area contributed by atoms with Crippen LogP contribution in [-0.4, -0.2) is 4.92 Å². The molecule has 0 saturated carbocycles. The van der Waals surface area contributed by atoms with Gasteiger partial charge in [-0.3, -0.25) is 14.7 Å². The molecule has 0 spiro atoms. The van der Waals surface area contributed by atoms with Crippen molar-refractivity contribution in [3.63, 3.8) is 0 Å². The van der Waals surface area contributed by atoms with Crippen LogP contribution in [0, 0.1) is 10.1 Å². The van der Waals surface area contributed by atoms with E-state index in [0.717, 1.165) is 5.56 Å². The summed E-state index contributed by atoms with van der Waals surface area (Å²) in [6.07, 6.45) is 0. The number of nitrogens with zero attached hydrogens (tertiary/aromatic N) is 1. The minimum Gasteiger partial charge on any atom is -0.317 e. The number of nitro benzene ring substituents is 1. The van der Waals surface area contributed by atoms with Crippen molar-refractivity contribution < 1.29 is 14.0 Å². The highest BCUT2D eigenvalue weighted by Gasteiger charge is 2.28. The Labute approximate surface area is 145 Å². The van der Waals surface area contributed by atoms with E-state index in [9.17, 15) is 14.7 Å². The molecule has 0 amide bonds. The van der Waals surface area contributed by atoms with Crippen LogP contribution in [0.1, 0.15) is 5.56 Å². The van der Waals surface area contributed by atoms with Crippen LogP contribution in [-0.2, 0) is 15.7 Å². The zero-order valence-corrected chi connectivity index (χ0v) is 14.2. The molecule has 0 fully saturated rings. The van der Waals surface area contributed by atoms with Gasteiger partial charge in [-0.15, -0.1) is 0 Å². The highest BCUT2D eigenvalue weighted by Crippen LogP contribution is 2.45. The molecule has 0 atom stereocenters. The van der Waals surface area contributed by atoms with Crippen molar-refractivity contribution in [2.45, 2.75) is 6.61 Å². The number of rotatable bonds is 6. The highest BCUT2D eigenvalue weighted by atomic mass is 31.2. The lowest BCUT2D eigenvalue weighted by atomic mass is 10.2. The Kier molecular flexibility index (Phi) is 5.08. The molecule has 3 aromatic carbocycles. The summed E-state index contributed by atoms with van der Waals surface area (Å²) in [5.74, 6) is 0. The van der Waals surface area contributed by atoms with E-state index in [1.54, 1.807) is 36.4 Å². The van der Waals surface area contributed by atoms with E-state index in [0.29, 0.717) is 10.6 Å². The van der Waals surface area contributed by atoms with Gasteiger partial charge < -0.3 is 4.52 Å². The van der Waals surface area contributed by atoms with E-state index in [2.05, 4.69) is 0 Å². The molecule has 5 nitrogen and oxygen atoms in total. The predicted molar refractivity (Wildman–Crippen MR) is 97.6 cm³/mol. The zero-order valence-electron chi connectivity index (χ0n) is 13.3. The van der Waals surface area contributed by atoms with Crippen LogP contribution in [0.5, 0.6) is 0 Å². The van der Waals surface area contributed by atoms with Gasteiger partial charge >= 0.3 is 0 Å². The summed E-state index contributed by atoms with van der Waals surface area (Å²) < 4.78 is 19.5. The Bertz CT molecular complexity index is 852. The van der Waals surface area contributed by atoms with Gasteiger partial charge in [0, 0.05) is 22.7 Å². The third-order valence-electron chi connectivity index (χ3n) is 3.75. The van der Waals surface area contributed by atoms with Crippen molar-refractivity contribution in [1.82, 2.24) is 0 Å². The summed E-state index contributed by atoms with van der Waals surface area (Å²) in [5.41, 5.74) is 0.732. The van der Waals surface area contributed by atoms with E-state index < -0.39 is 12.3 Å². The van der Waals surface area contributed by atoms with Gasteiger partial charge in [0.1, 0.15) is 0 Å². The number of non-ortho nitro benzene ring substituents is 1. The van der Waals surface area contributed by atoms with Crippen LogP contribution >= 0.6 is 7.37 Å². The molecule has 0 heterocycles. The van der Waals surface area contributed by atoms with Crippen molar-refractivity contribution in [3.05, 3.63) is 101 Å². The minimum atomic E-state index is -3.25. The molecule has 0 aliphatic carbocycles. The molecule has 0 saturated heterocycles. The predicted octanol–water partition coefficient (Wildman–Crippen LogP) is 4.04. The SMILES string of the molecule is O=[N+]([O-])c1ccc(COP(=O)(c2ccccc2)c2ccccc2)cc1. The van der Waals surface area contributed by atoms with Gasteiger partial charge in [0.25, 0.3) is 13.1 Å². The third kappa shape index (κ3) is 3.85. The first-order valence-electron chi connectivity index (χ1n) is 7.69. The van der Waals surface area contributed by atoms with Crippen molar-refractivity contribution in [3.8, 4) is 0 Å². The molecule has 0 aromatic heterocycles. The molecule has 0 radical (unpaired) electrons. The normalized spacial score (nSPS) is 11.2. The fourth-order valence-corrected chi connectivity index (χ4v) is 4.48. The molecule has 0 N–H and O–H groups in total. The first-order chi connectivity index (χ1) is 12.1. The van der Waals surface area contributed by atoms with Crippen molar-refractivity contribution in [2.24, 2.45) is 0 Å². The number of hydrogen-bond acceptors (Lipinski definition) is 4. The summed E-state index contributed by atoms with van der Waals surface area (Å²) in [6.45, 7) is 0.0963. The fraction of sp³-hybridized carbons (Fsp3) is 0.0526. The average molecular weight is 353 g/mol. The molecule has 0 unspecified atom stereocenters. The maximum Gasteiger partial charge on any atom is 0.269 e. The second-order valence-electron chi connectivity index (χ2n) is 5.42. The van der Waals surface area contributed by atoms with Gasteiger partial charge in [0.05, 0.1) is 11.5 Å². The summed E-state index contributed by atoms with van der Waals surface area (Å²) in [5, 5.41) is 12.0. The van der Waals surface area contributed by atoms with Gasteiger partial charge in [-0.05, 0) is 42.0 Å². The highest BCUT2D eigenvalue weighted by molar-refractivity contribution is 7.74. The lowest BCUT2D eigenvalue weighted by Crippen LogP contribution is -2.18. The minimum absolute atomic E-state index is 0.0121. The van der Waals surface area contributed by atoms with Crippen LogP contribution in [0.3, 0.4) is 0 Å². The number of hydrogen-bond donors (Lipinski definition) is 0. The van der Waals surface area contributed by atoms with Crippen LogP contribution in [0.25, 0.3) is 0 Å². The summed E-state index contributed by atoms with van der Waals surface area (Å²) in [6, 6.07) is 24.2. The molecule has 3 rings (SSSR count). The van der Waals surface area contributed by atoms with Crippen molar-refractivity contribution in [2.75, 3.05) is 0 Å². The monoisotopic (exact) mass is 353 g/mol. The Hall–Kier alpha value is -2.75. The smallest absolute Gasteiger partial charge is 0.269 e. The van der Waals surface area contributed by atoms with Crippen molar-refractivity contribution >= 4 is 23.7 Å². The Morgan fingerprint density at radius 1 is 0.800 bits per heavy atom. The maximum atomic E-state index is 13.6.